The second kappa shape index (κ2) is 7.29. The Morgan fingerprint density at radius 1 is 1.22 bits per heavy atom. The lowest BCUT2D eigenvalue weighted by Crippen LogP contribution is -2.48. The van der Waals surface area contributed by atoms with E-state index in [9.17, 15) is 4.79 Å². The van der Waals surface area contributed by atoms with Crippen molar-refractivity contribution in [3.8, 4) is 0 Å². The summed E-state index contributed by atoms with van der Waals surface area (Å²) in [6, 6.07) is 7.59. The van der Waals surface area contributed by atoms with Crippen molar-refractivity contribution in [2.75, 3.05) is 31.9 Å². The molecule has 2 aromatic heterocycles. The van der Waals surface area contributed by atoms with E-state index in [1.165, 1.54) is 4.88 Å². The predicted octanol–water partition coefficient (Wildman–Crippen LogP) is 2.27. The third-order valence-electron chi connectivity index (χ3n) is 3.91. The number of nitrogens with two attached hydrogens (primary N) is 1. The lowest BCUT2D eigenvalue weighted by Gasteiger charge is -2.34. The fourth-order valence-corrected chi connectivity index (χ4v) is 3.75. The summed E-state index contributed by atoms with van der Waals surface area (Å²) in [5, 5.41) is 0. The third-order valence-corrected chi connectivity index (χ3v) is 5.13. The van der Waals surface area contributed by atoms with E-state index in [4.69, 9.17) is 17.3 Å². The minimum atomic E-state index is 0.126. The van der Waals surface area contributed by atoms with Gasteiger partial charge in [0.1, 0.15) is 0 Å². The maximum atomic E-state index is 12.3. The molecule has 0 unspecified atom stereocenters. The summed E-state index contributed by atoms with van der Waals surface area (Å²) >= 11 is 7.58. The number of aromatic nitrogens is 1. The molecule has 0 spiro atoms. The first kappa shape index (κ1) is 16.2. The van der Waals surface area contributed by atoms with Crippen molar-refractivity contribution in [3.05, 3.63) is 45.4 Å². The quantitative estimate of drug-likeness (QED) is 0.918. The number of halogens is 1. The van der Waals surface area contributed by atoms with Crippen molar-refractivity contribution < 1.29 is 4.79 Å². The molecule has 0 aromatic carbocycles. The highest BCUT2D eigenvalue weighted by atomic mass is 35.5. The van der Waals surface area contributed by atoms with Crippen molar-refractivity contribution in [1.29, 1.82) is 0 Å². The van der Waals surface area contributed by atoms with Crippen LogP contribution in [0.2, 0.25) is 4.34 Å². The van der Waals surface area contributed by atoms with Crippen molar-refractivity contribution in [1.82, 2.24) is 14.8 Å². The zero-order valence-corrected chi connectivity index (χ0v) is 14.3. The summed E-state index contributed by atoms with van der Waals surface area (Å²) in [5.74, 6) is 0.126. The predicted molar refractivity (Wildman–Crippen MR) is 93.5 cm³/mol. The molecule has 1 aliphatic heterocycles. The van der Waals surface area contributed by atoms with Gasteiger partial charge in [-0.1, -0.05) is 11.6 Å². The van der Waals surface area contributed by atoms with Crippen molar-refractivity contribution in [3.63, 3.8) is 0 Å². The van der Waals surface area contributed by atoms with Crippen LogP contribution in [0.3, 0.4) is 0 Å². The van der Waals surface area contributed by atoms with E-state index in [1.54, 1.807) is 23.6 Å². The van der Waals surface area contributed by atoms with Crippen LogP contribution in [0.5, 0.6) is 0 Å². The van der Waals surface area contributed by atoms with Crippen LogP contribution in [0.15, 0.2) is 30.5 Å². The molecule has 3 rings (SSSR count). The Bertz CT molecular complexity index is 665. The summed E-state index contributed by atoms with van der Waals surface area (Å²) in [7, 11) is 0. The molecule has 1 amide bonds. The summed E-state index contributed by atoms with van der Waals surface area (Å²) in [5.41, 5.74) is 6.99. The largest absolute Gasteiger partial charge is 0.397 e. The Morgan fingerprint density at radius 2 is 2.00 bits per heavy atom. The number of carbonyl (C=O) groups is 1. The molecule has 2 aromatic rings. The first-order chi connectivity index (χ1) is 11.1. The van der Waals surface area contributed by atoms with Gasteiger partial charge in [0, 0.05) is 43.3 Å². The second-order valence-electron chi connectivity index (χ2n) is 5.62. The fraction of sp³-hybridized carbons (Fsp3) is 0.375. The molecule has 0 radical (unpaired) electrons. The molecule has 0 aliphatic carbocycles. The molecule has 23 heavy (non-hydrogen) atoms. The molecule has 5 nitrogen and oxygen atoms in total. The smallest absolute Gasteiger partial charge is 0.228 e. The number of anilines is 1. The highest BCUT2D eigenvalue weighted by Gasteiger charge is 2.21. The molecule has 7 heteroatoms. The van der Waals surface area contributed by atoms with Crippen LogP contribution >= 0.6 is 22.9 Å². The number of hydrogen-bond acceptors (Lipinski definition) is 5. The number of carbonyl (C=O) groups excluding carboxylic acids is 1. The number of amides is 1. The summed E-state index contributed by atoms with van der Waals surface area (Å²) < 4.78 is 0.824. The molecule has 0 saturated carbocycles. The number of hydrogen-bond donors (Lipinski definition) is 1. The molecule has 0 bridgehead atoms. The van der Waals surface area contributed by atoms with Crippen LogP contribution in [0.4, 0.5) is 5.69 Å². The molecular formula is C16H19ClN4OS. The fourth-order valence-electron chi connectivity index (χ4n) is 2.62. The highest BCUT2D eigenvalue weighted by Crippen LogP contribution is 2.23. The first-order valence-corrected chi connectivity index (χ1v) is 8.74. The third kappa shape index (κ3) is 4.43. The summed E-state index contributed by atoms with van der Waals surface area (Å²) in [6.45, 7) is 4.19. The van der Waals surface area contributed by atoms with Gasteiger partial charge in [-0.05, 0) is 24.3 Å². The molecule has 3 heterocycles. The van der Waals surface area contributed by atoms with Crippen molar-refractivity contribution in [2.45, 2.75) is 13.0 Å². The van der Waals surface area contributed by atoms with Gasteiger partial charge in [-0.2, -0.15) is 0 Å². The normalized spacial score (nSPS) is 15.8. The Kier molecular flexibility index (Phi) is 5.15. The SMILES string of the molecule is Nc1ccc(CC(=O)N2CCN(Cc3ccc(Cl)s3)CC2)nc1. The van der Waals surface area contributed by atoms with E-state index >= 15 is 0 Å². The van der Waals surface area contributed by atoms with Crippen LogP contribution < -0.4 is 5.73 Å². The topological polar surface area (TPSA) is 62.5 Å². The zero-order valence-electron chi connectivity index (χ0n) is 12.7. The minimum Gasteiger partial charge on any atom is -0.397 e. The van der Waals surface area contributed by atoms with Gasteiger partial charge in [0.05, 0.1) is 22.6 Å². The van der Waals surface area contributed by atoms with Crippen LogP contribution in [0.25, 0.3) is 0 Å². The second-order valence-corrected chi connectivity index (χ2v) is 7.42. The van der Waals surface area contributed by atoms with Gasteiger partial charge in [-0.15, -0.1) is 11.3 Å². The maximum Gasteiger partial charge on any atom is 0.228 e. The number of nitrogen functional groups attached to an aromatic ring is 1. The molecule has 122 valence electrons. The van der Waals surface area contributed by atoms with E-state index in [1.807, 2.05) is 17.0 Å². The number of piperazine rings is 1. The number of nitrogens with zero attached hydrogens (tertiary/aromatic N) is 3. The Balaban J connectivity index is 1.48. The van der Waals surface area contributed by atoms with Gasteiger partial charge in [0.25, 0.3) is 0 Å². The van der Waals surface area contributed by atoms with Crippen LogP contribution in [-0.4, -0.2) is 46.9 Å². The van der Waals surface area contributed by atoms with Crippen molar-refractivity contribution in [2.24, 2.45) is 0 Å². The van der Waals surface area contributed by atoms with E-state index in [-0.39, 0.29) is 5.91 Å². The van der Waals surface area contributed by atoms with Gasteiger partial charge in [0.15, 0.2) is 0 Å². The first-order valence-electron chi connectivity index (χ1n) is 7.55. The summed E-state index contributed by atoms with van der Waals surface area (Å²) in [4.78, 5) is 22.1. The van der Waals surface area contributed by atoms with E-state index in [0.29, 0.717) is 12.1 Å². The lowest BCUT2D eigenvalue weighted by atomic mass is 10.2. The van der Waals surface area contributed by atoms with E-state index < -0.39 is 0 Å². The molecule has 0 atom stereocenters. The van der Waals surface area contributed by atoms with E-state index in [0.717, 1.165) is 42.8 Å². The molecule has 2 N–H and O–H groups in total. The number of thiophene rings is 1. The number of rotatable bonds is 4. The Labute approximate surface area is 144 Å². The monoisotopic (exact) mass is 350 g/mol. The van der Waals surface area contributed by atoms with Crippen LogP contribution in [0.1, 0.15) is 10.6 Å². The molecular weight excluding hydrogens is 332 g/mol. The van der Waals surface area contributed by atoms with Gasteiger partial charge in [-0.3, -0.25) is 14.7 Å². The molecule has 1 saturated heterocycles. The average molecular weight is 351 g/mol. The average Bonchev–Trinajstić information content (AvgIpc) is 2.95. The summed E-state index contributed by atoms with van der Waals surface area (Å²) in [6.07, 6.45) is 1.92. The highest BCUT2D eigenvalue weighted by molar-refractivity contribution is 7.16. The van der Waals surface area contributed by atoms with Gasteiger partial charge in [-0.25, -0.2) is 0 Å². The molecule has 1 aliphatic rings. The van der Waals surface area contributed by atoms with Gasteiger partial charge < -0.3 is 10.6 Å². The van der Waals surface area contributed by atoms with Gasteiger partial charge >= 0.3 is 0 Å². The van der Waals surface area contributed by atoms with Crippen LogP contribution in [-0.2, 0) is 17.8 Å². The zero-order chi connectivity index (χ0) is 16.2. The lowest BCUT2D eigenvalue weighted by molar-refractivity contribution is -0.132. The maximum absolute atomic E-state index is 12.3. The van der Waals surface area contributed by atoms with E-state index in [2.05, 4.69) is 16.0 Å². The standard InChI is InChI=1S/C16H19ClN4OS/c17-15-4-3-14(23-15)11-20-5-7-21(8-6-20)16(22)9-13-2-1-12(18)10-19-13/h1-4,10H,5-9,11,18H2. The Hall–Kier alpha value is -1.63. The number of pyridine rings is 1. The van der Waals surface area contributed by atoms with Crippen LogP contribution in [0, 0.1) is 0 Å². The Morgan fingerprint density at radius 3 is 2.61 bits per heavy atom. The minimum absolute atomic E-state index is 0.126. The van der Waals surface area contributed by atoms with Crippen molar-refractivity contribution >= 4 is 34.5 Å². The van der Waals surface area contributed by atoms with Gasteiger partial charge in [0.2, 0.25) is 5.91 Å². The molecule has 1 fully saturated rings.